The summed E-state index contributed by atoms with van der Waals surface area (Å²) in [5, 5.41) is 2.88. The van der Waals surface area contributed by atoms with Gasteiger partial charge in [0.1, 0.15) is 0 Å². The summed E-state index contributed by atoms with van der Waals surface area (Å²) < 4.78 is 1.85. The molecule has 0 radical (unpaired) electrons. The van der Waals surface area contributed by atoms with Crippen LogP contribution in [0.5, 0.6) is 0 Å². The van der Waals surface area contributed by atoms with Gasteiger partial charge in [-0.25, -0.2) is 0 Å². The number of carbonyl (C=O) groups is 1. The van der Waals surface area contributed by atoms with E-state index in [4.69, 9.17) is 5.73 Å². The summed E-state index contributed by atoms with van der Waals surface area (Å²) in [6, 6.07) is 5.67. The smallest absolute Gasteiger partial charge is 0.224 e. The first-order chi connectivity index (χ1) is 8.13. The number of hydrogen-bond donors (Lipinski definition) is 2. The summed E-state index contributed by atoms with van der Waals surface area (Å²) in [6.07, 6.45) is 3.42. The van der Waals surface area contributed by atoms with Gasteiger partial charge in [-0.2, -0.15) is 0 Å². The van der Waals surface area contributed by atoms with Gasteiger partial charge in [0.2, 0.25) is 5.91 Å². The van der Waals surface area contributed by atoms with Gasteiger partial charge < -0.3 is 11.1 Å². The maximum Gasteiger partial charge on any atom is 0.224 e. The molecule has 0 aliphatic rings. The number of benzene rings is 1. The molecule has 3 N–H and O–H groups in total. The Hall–Kier alpha value is -0.390. The third-order valence-electron chi connectivity index (χ3n) is 2.31. The summed E-state index contributed by atoms with van der Waals surface area (Å²) in [5.74, 6) is 0.0463. The van der Waals surface area contributed by atoms with Crippen LogP contribution < -0.4 is 11.1 Å². The average molecular weight is 364 g/mol. The van der Waals surface area contributed by atoms with Crippen LogP contribution in [0.4, 0.5) is 5.69 Å². The first kappa shape index (κ1) is 14.7. The summed E-state index contributed by atoms with van der Waals surface area (Å²) in [4.78, 5) is 11.6. The minimum atomic E-state index is 0.0463. The van der Waals surface area contributed by atoms with Crippen LogP contribution in [0.2, 0.25) is 0 Å². The first-order valence-electron chi connectivity index (χ1n) is 5.58. The molecule has 0 atom stereocenters. The van der Waals surface area contributed by atoms with Gasteiger partial charge in [-0.05, 0) is 53.5 Å². The zero-order chi connectivity index (χ0) is 12.7. The number of hydrogen-bond acceptors (Lipinski definition) is 2. The lowest BCUT2D eigenvalue weighted by Crippen LogP contribution is -2.11. The first-order valence-corrected chi connectivity index (χ1v) is 7.17. The summed E-state index contributed by atoms with van der Waals surface area (Å²) in [6.45, 7) is 0.694. The van der Waals surface area contributed by atoms with Gasteiger partial charge in [-0.1, -0.05) is 22.4 Å². The maximum atomic E-state index is 11.6. The fourth-order valence-corrected chi connectivity index (χ4v) is 2.56. The number of carbonyl (C=O) groups excluding carboxylic acids is 1. The number of anilines is 1. The maximum absolute atomic E-state index is 11.6. The Balaban J connectivity index is 2.40. The lowest BCUT2D eigenvalue weighted by molar-refractivity contribution is -0.116. The van der Waals surface area contributed by atoms with Crippen LogP contribution in [0.25, 0.3) is 0 Å². The molecule has 0 aliphatic heterocycles. The van der Waals surface area contributed by atoms with E-state index in [0.29, 0.717) is 13.0 Å². The molecule has 0 saturated carbocycles. The van der Waals surface area contributed by atoms with Crippen molar-refractivity contribution >= 4 is 43.5 Å². The molecule has 3 nitrogen and oxygen atoms in total. The van der Waals surface area contributed by atoms with Crippen molar-refractivity contribution in [3.05, 3.63) is 27.1 Å². The summed E-state index contributed by atoms with van der Waals surface area (Å²) >= 11 is 6.77. The molecule has 0 spiro atoms. The van der Waals surface area contributed by atoms with E-state index in [9.17, 15) is 4.79 Å². The van der Waals surface area contributed by atoms with E-state index < -0.39 is 0 Å². The molecule has 0 heterocycles. The fraction of sp³-hybridized carbons (Fsp3) is 0.417. The number of nitrogens with two attached hydrogens (primary N) is 1. The van der Waals surface area contributed by atoms with Gasteiger partial charge in [-0.3, -0.25) is 4.79 Å². The number of rotatable bonds is 6. The van der Waals surface area contributed by atoms with Gasteiger partial charge in [0.05, 0.1) is 5.69 Å². The van der Waals surface area contributed by atoms with Gasteiger partial charge >= 0.3 is 0 Å². The highest BCUT2D eigenvalue weighted by Gasteiger charge is 2.05. The molecule has 1 amide bonds. The lowest BCUT2D eigenvalue weighted by Gasteiger charge is -2.07. The van der Waals surface area contributed by atoms with Gasteiger partial charge in [-0.15, -0.1) is 0 Å². The molecule has 1 aromatic carbocycles. The van der Waals surface area contributed by atoms with Crippen LogP contribution in [0, 0.1) is 0 Å². The second-order valence-corrected chi connectivity index (χ2v) is 5.54. The molecule has 0 unspecified atom stereocenters. The van der Waals surface area contributed by atoms with Crippen LogP contribution in [0.3, 0.4) is 0 Å². The zero-order valence-corrected chi connectivity index (χ0v) is 12.7. The zero-order valence-electron chi connectivity index (χ0n) is 9.51. The Morgan fingerprint density at radius 3 is 2.65 bits per heavy atom. The largest absolute Gasteiger partial charge is 0.330 e. The molecule has 0 bridgehead atoms. The molecule has 5 heteroatoms. The van der Waals surface area contributed by atoms with Crippen LogP contribution in [-0.4, -0.2) is 12.5 Å². The molecule has 0 aromatic heterocycles. The Kier molecular flexibility index (Phi) is 6.77. The lowest BCUT2D eigenvalue weighted by atomic mass is 10.2. The predicted molar refractivity (Wildman–Crippen MR) is 78.0 cm³/mol. The molecule has 1 aromatic rings. The molecule has 17 heavy (non-hydrogen) atoms. The molecular formula is C12H16Br2N2O. The number of halogens is 2. The quantitative estimate of drug-likeness (QED) is 0.757. The Morgan fingerprint density at radius 2 is 2.00 bits per heavy atom. The average Bonchev–Trinajstić information content (AvgIpc) is 2.28. The highest BCUT2D eigenvalue weighted by molar-refractivity contribution is 9.11. The van der Waals surface area contributed by atoms with E-state index in [0.717, 1.165) is 33.9 Å². The van der Waals surface area contributed by atoms with E-state index in [1.165, 1.54) is 0 Å². The van der Waals surface area contributed by atoms with Crippen molar-refractivity contribution in [2.24, 2.45) is 5.73 Å². The van der Waals surface area contributed by atoms with Crippen molar-refractivity contribution in [1.82, 2.24) is 0 Å². The molecule has 0 saturated heterocycles. The monoisotopic (exact) mass is 362 g/mol. The number of nitrogens with one attached hydrogen (secondary N) is 1. The highest BCUT2D eigenvalue weighted by Crippen LogP contribution is 2.26. The highest BCUT2D eigenvalue weighted by atomic mass is 79.9. The van der Waals surface area contributed by atoms with Crippen molar-refractivity contribution in [3.63, 3.8) is 0 Å². The Labute approximate surface area is 118 Å². The van der Waals surface area contributed by atoms with Crippen LogP contribution >= 0.6 is 31.9 Å². The van der Waals surface area contributed by atoms with E-state index in [1.807, 2.05) is 18.2 Å². The van der Waals surface area contributed by atoms with Gasteiger partial charge in [0.15, 0.2) is 0 Å². The van der Waals surface area contributed by atoms with Crippen LogP contribution in [0.1, 0.15) is 25.7 Å². The van der Waals surface area contributed by atoms with Crippen LogP contribution in [0.15, 0.2) is 27.1 Å². The third kappa shape index (κ3) is 5.66. The SMILES string of the molecule is NCCCCCC(=O)Nc1ccc(Br)cc1Br. The third-order valence-corrected chi connectivity index (χ3v) is 3.46. The molecule has 94 valence electrons. The Bertz CT molecular complexity index is 383. The normalized spacial score (nSPS) is 10.3. The van der Waals surface area contributed by atoms with Crippen molar-refractivity contribution in [1.29, 1.82) is 0 Å². The minimum absolute atomic E-state index is 0.0463. The molecule has 0 fully saturated rings. The van der Waals surface area contributed by atoms with E-state index in [1.54, 1.807) is 0 Å². The van der Waals surface area contributed by atoms with E-state index in [-0.39, 0.29) is 5.91 Å². The molecular weight excluding hydrogens is 348 g/mol. The second kappa shape index (κ2) is 7.84. The second-order valence-electron chi connectivity index (χ2n) is 3.77. The topological polar surface area (TPSA) is 55.1 Å². The summed E-state index contributed by atoms with van der Waals surface area (Å²) in [7, 11) is 0. The van der Waals surface area contributed by atoms with Crippen molar-refractivity contribution in [2.75, 3.05) is 11.9 Å². The molecule has 1 rings (SSSR count). The molecule has 0 aliphatic carbocycles. The van der Waals surface area contributed by atoms with Crippen molar-refractivity contribution in [2.45, 2.75) is 25.7 Å². The summed E-state index contributed by atoms with van der Waals surface area (Å²) in [5.41, 5.74) is 6.19. The fourth-order valence-electron chi connectivity index (χ4n) is 1.41. The predicted octanol–water partition coefficient (Wildman–Crippen LogP) is 3.67. The standard InChI is InChI=1S/C12H16Br2N2O/c13-9-5-6-11(10(14)8-9)16-12(17)4-2-1-3-7-15/h5-6,8H,1-4,7,15H2,(H,16,17). The van der Waals surface area contributed by atoms with E-state index >= 15 is 0 Å². The van der Waals surface area contributed by atoms with Gasteiger partial charge in [0.25, 0.3) is 0 Å². The van der Waals surface area contributed by atoms with E-state index in [2.05, 4.69) is 37.2 Å². The number of unbranched alkanes of at least 4 members (excludes halogenated alkanes) is 2. The Morgan fingerprint density at radius 1 is 1.24 bits per heavy atom. The minimum Gasteiger partial charge on any atom is -0.330 e. The van der Waals surface area contributed by atoms with Crippen LogP contribution in [-0.2, 0) is 4.79 Å². The van der Waals surface area contributed by atoms with Gasteiger partial charge in [0, 0.05) is 15.4 Å². The number of amides is 1. The van der Waals surface area contributed by atoms with Crippen molar-refractivity contribution < 1.29 is 4.79 Å². The van der Waals surface area contributed by atoms with Crippen molar-refractivity contribution in [3.8, 4) is 0 Å².